The van der Waals surface area contributed by atoms with Crippen LogP contribution in [0.5, 0.6) is 5.75 Å². The summed E-state index contributed by atoms with van der Waals surface area (Å²) in [6, 6.07) is 11.7. The van der Waals surface area contributed by atoms with Crippen LogP contribution in [-0.2, 0) is 17.8 Å². The highest BCUT2D eigenvalue weighted by atomic mass is 35.5. The Hall–Kier alpha value is -1.91. The van der Waals surface area contributed by atoms with Crippen molar-refractivity contribution in [2.75, 3.05) is 5.32 Å². The molecule has 0 bridgehead atoms. The second-order valence-electron chi connectivity index (χ2n) is 6.07. The summed E-state index contributed by atoms with van der Waals surface area (Å²) in [7, 11) is 0. The summed E-state index contributed by atoms with van der Waals surface area (Å²) in [6.07, 6.45) is 0.403. The minimum absolute atomic E-state index is 0.0303. The maximum atomic E-state index is 10.7. The van der Waals surface area contributed by atoms with Gasteiger partial charge in [0.05, 0.1) is 10.0 Å². The van der Waals surface area contributed by atoms with Gasteiger partial charge in [-0.1, -0.05) is 35.3 Å². The van der Waals surface area contributed by atoms with E-state index in [1.165, 1.54) is 0 Å². The molecule has 0 fully saturated rings. The predicted octanol–water partition coefficient (Wildman–Crippen LogP) is 5.41. The zero-order valence-electron chi connectivity index (χ0n) is 14.2. The number of carbonyl (C=O) groups is 1. The van der Waals surface area contributed by atoms with E-state index in [4.69, 9.17) is 33.0 Å². The third-order valence-corrected chi connectivity index (χ3v) is 4.01. The van der Waals surface area contributed by atoms with Crippen LogP contribution in [-0.4, -0.2) is 17.1 Å². The van der Waals surface area contributed by atoms with Crippen LogP contribution in [0.1, 0.15) is 31.4 Å². The normalized spacial score (nSPS) is 10.8. The molecule has 134 valence electrons. The molecule has 0 heterocycles. The first-order valence-corrected chi connectivity index (χ1v) is 8.78. The highest BCUT2D eigenvalue weighted by Crippen LogP contribution is 2.35. The van der Waals surface area contributed by atoms with Crippen molar-refractivity contribution in [3.63, 3.8) is 0 Å². The molecule has 0 amide bonds. The van der Waals surface area contributed by atoms with Crippen LogP contribution in [0.3, 0.4) is 0 Å². The molecule has 25 heavy (non-hydrogen) atoms. The van der Waals surface area contributed by atoms with Crippen LogP contribution in [0.15, 0.2) is 36.4 Å². The highest BCUT2D eigenvalue weighted by Gasteiger charge is 2.11. The fourth-order valence-corrected chi connectivity index (χ4v) is 3.03. The van der Waals surface area contributed by atoms with E-state index in [2.05, 4.69) is 19.2 Å². The molecular weight excluding hydrogens is 361 g/mol. The SMILES string of the molecule is CC(C)Nc1cccc(COc2c(Cl)cc(CCC(=O)O)cc2Cl)c1. The van der Waals surface area contributed by atoms with Gasteiger partial charge < -0.3 is 15.2 Å². The molecular formula is C19H21Cl2NO3. The van der Waals surface area contributed by atoms with Crippen molar-refractivity contribution < 1.29 is 14.6 Å². The molecule has 0 aromatic heterocycles. The number of anilines is 1. The fourth-order valence-electron chi connectivity index (χ4n) is 2.39. The van der Waals surface area contributed by atoms with Crippen LogP contribution >= 0.6 is 23.2 Å². The van der Waals surface area contributed by atoms with Crippen LogP contribution in [0.4, 0.5) is 5.69 Å². The number of ether oxygens (including phenoxy) is 1. The largest absolute Gasteiger partial charge is 0.486 e. The van der Waals surface area contributed by atoms with Crippen LogP contribution in [0.25, 0.3) is 0 Å². The quantitative estimate of drug-likeness (QED) is 0.641. The van der Waals surface area contributed by atoms with Gasteiger partial charge in [-0.25, -0.2) is 0 Å². The van der Waals surface area contributed by atoms with Gasteiger partial charge in [0.2, 0.25) is 0 Å². The van der Waals surface area contributed by atoms with Crippen molar-refractivity contribution >= 4 is 34.9 Å². The van der Waals surface area contributed by atoms with Crippen molar-refractivity contribution in [2.45, 2.75) is 39.3 Å². The molecule has 2 aromatic rings. The third-order valence-electron chi connectivity index (χ3n) is 3.45. The van der Waals surface area contributed by atoms with Crippen molar-refractivity contribution in [1.82, 2.24) is 0 Å². The number of hydrogen-bond acceptors (Lipinski definition) is 3. The van der Waals surface area contributed by atoms with Crippen molar-refractivity contribution in [3.05, 3.63) is 57.6 Å². The molecule has 0 aliphatic rings. The average Bonchev–Trinajstić information content (AvgIpc) is 2.52. The number of halogens is 2. The zero-order chi connectivity index (χ0) is 18.4. The van der Waals surface area contributed by atoms with E-state index >= 15 is 0 Å². The molecule has 0 atom stereocenters. The Morgan fingerprint density at radius 3 is 2.44 bits per heavy atom. The van der Waals surface area contributed by atoms with E-state index in [9.17, 15) is 4.79 Å². The smallest absolute Gasteiger partial charge is 0.303 e. The lowest BCUT2D eigenvalue weighted by atomic mass is 10.1. The second-order valence-corrected chi connectivity index (χ2v) is 6.88. The molecule has 4 nitrogen and oxygen atoms in total. The molecule has 0 spiro atoms. The van der Waals surface area contributed by atoms with Gasteiger partial charge in [-0.05, 0) is 55.7 Å². The van der Waals surface area contributed by atoms with E-state index in [1.807, 2.05) is 24.3 Å². The van der Waals surface area contributed by atoms with Gasteiger partial charge in [0.1, 0.15) is 6.61 Å². The summed E-state index contributed by atoms with van der Waals surface area (Å²) in [6.45, 7) is 4.49. The minimum atomic E-state index is -0.859. The monoisotopic (exact) mass is 381 g/mol. The Labute approximate surface area is 157 Å². The van der Waals surface area contributed by atoms with E-state index in [0.29, 0.717) is 34.9 Å². The number of aliphatic carboxylic acids is 1. The number of carboxylic acid groups (broad SMARTS) is 1. The van der Waals surface area contributed by atoms with E-state index in [-0.39, 0.29) is 6.42 Å². The summed E-state index contributed by atoms with van der Waals surface area (Å²) < 4.78 is 5.79. The molecule has 2 aromatic carbocycles. The first-order chi connectivity index (χ1) is 11.8. The summed E-state index contributed by atoms with van der Waals surface area (Å²) in [5.41, 5.74) is 2.79. The number of aryl methyl sites for hydroxylation is 1. The molecule has 0 aliphatic heterocycles. The molecule has 0 saturated carbocycles. The van der Waals surface area contributed by atoms with Gasteiger partial charge >= 0.3 is 5.97 Å². The van der Waals surface area contributed by atoms with Gasteiger partial charge in [-0.3, -0.25) is 4.79 Å². The molecule has 0 unspecified atom stereocenters. The molecule has 2 N–H and O–H groups in total. The maximum absolute atomic E-state index is 10.7. The van der Waals surface area contributed by atoms with Gasteiger partial charge in [0.15, 0.2) is 5.75 Å². The molecule has 0 aliphatic carbocycles. The van der Waals surface area contributed by atoms with Crippen molar-refractivity contribution in [2.24, 2.45) is 0 Å². The van der Waals surface area contributed by atoms with Crippen LogP contribution in [0, 0.1) is 0 Å². The van der Waals surface area contributed by atoms with Gasteiger partial charge in [-0.2, -0.15) is 0 Å². The summed E-state index contributed by atoms with van der Waals surface area (Å²) in [5, 5.41) is 12.9. The van der Waals surface area contributed by atoms with Crippen LogP contribution < -0.4 is 10.1 Å². The van der Waals surface area contributed by atoms with Crippen molar-refractivity contribution in [3.8, 4) is 5.75 Å². The average molecular weight is 382 g/mol. The van der Waals surface area contributed by atoms with Gasteiger partial charge in [-0.15, -0.1) is 0 Å². The Morgan fingerprint density at radius 1 is 1.16 bits per heavy atom. The first kappa shape index (κ1) is 19.4. The Balaban J connectivity index is 2.06. The zero-order valence-corrected chi connectivity index (χ0v) is 15.7. The van der Waals surface area contributed by atoms with E-state index in [0.717, 1.165) is 16.8 Å². The fraction of sp³-hybridized carbons (Fsp3) is 0.316. The first-order valence-electron chi connectivity index (χ1n) is 8.03. The highest BCUT2D eigenvalue weighted by molar-refractivity contribution is 6.37. The van der Waals surface area contributed by atoms with Gasteiger partial charge in [0.25, 0.3) is 0 Å². The molecule has 2 rings (SSSR count). The standard InChI is InChI=1S/C19H21Cl2NO3/c1-12(2)22-15-5-3-4-14(8-15)11-25-19-16(20)9-13(10-17(19)21)6-7-18(23)24/h3-5,8-10,12,22H,6-7,11H2,1-2H3,(H,23,24). The number of nitrogens with one attached hydrogen (secondary N) is 1. The van der Waals surface area contributed by atoms with Gasteiger partial charge in [0, 0.05) is 18.2 Å². The number of carboxylic acids is 1. The van der Waals surface area contributed by atoms with Crippen LogP contribution in [0.2, 0.25) is 10.0 Å². The third kappa shape index (κ3) is 6.15. The lowest BCUT2D eigenvalue weighted by molar-refractivity contribution is -0.136. The maximum Gasteiger partial charge on any atom is 0.303 e. The molecule has 6 heteroatoms. The Kier molecular flexibility index (Phi) is 6.97. The van der Waals surface area contributed by atoms with Crippen molar-refractivity contribution in [1.29, 1.82) is 0 Å². The number of hydrogen-bond donors (Lipinski definition) is 2. The minimum Gasteiger partial charge on any atom is -0.486 e. The summed E-state index contributed by atoms with van der Waals surface area (Å²) in [4.78, 5) is 10.7. The Morgan fingerprint density at radius 2 is 1.84 bits per heavy atom. The topological polar surface area (TPSA) is 58.6 Å². The lowest BCUT2D eigenvalue weighted by Crippen LogP contribution is -2.09. The Bertz CT molecular complexity index is 724. The summed E-state index contributed by atoms with van der Waals surface area (Å²) in [5.74, 6) is -0.452. The van der Waals surface area contributed by atoms with E-state index < -0.39 is 5.97 Å². The van der Waals surface area contributed by atoms with E-state index in [1.54, 1.807) is 12.1 Å². The predicted molar refractivity (Wildman–Crippen MR) is 102 cm³/mol. The lowest BCUT2D eigenvalue weighted by Gasteiger charge is -2.14. The number of rotatable bonds is 8. The number of benzene rings is 2. The molecule has 0 saturated heterocycles. The summed E-state index contributed by atoms with van der Waals surface area (Å²) >= 11 is 12.5. The molecule has 0 radical (unpaired) electrons. The second kappa shape index (κ2) is 8.97.